The van der Waals surface area contributed by atoms with E-state index in [-0.39, 0.29) is 11.9 Å². The number of aromatic nitrogens is 1. The largest absolute Gasteiger partial charge is 0.409 e. The van der Waals surface area contributed by atoms with Crippen molar-refractivity contribution in [3.05, 3.63) is 58.7 Å². The van der Waals surface area contributed by atoms with Crippen LogP contribution >= 0.6 is 11.6 Å². The molecule has 21 heavy (non-hydrogen) atoms. The monoisotopic (exact) mass is 304 g/mol. The highest BCUT2D eigenvalue weighted by Crippen LogP contribution is 2.28. The van der Waals surface area contributed by atoms with Gasteiger partial charge < -0.3 is 15.8 Å². The summed E-state index contributed by atoms with van der Waals surface area (Å²) in [5.41, 5.74) is 7.01. The van der Waals surface area contributed by atoms with Crippen LogP contribution in [0.3, 0.4) is 0 Å². The summed E-state index contributed by atoms with van der Waals surface area (Å²) in [4.78, 5) is 6.37. The summed E-state index contributed by atoms with van der Waals surface area (Å²) in [6.45, 7) is 2.04. The number of anilines is 1. The lowest BCUT2D eigenvalue weighted by atomic mass is 10.1. The molecule has 110 valence electrons. The molecule has 0 saturated carbocycles. The van der Waals surface area contributed by atoms with Gasteiger partial charge in [0, 0.05) is 12.1 Å². The fourth-order valence-electron chi connectivity index (χ4n) is 2.03. The van der Waals surface area contributed by atoms with Crippen LogP contribution in [0.1, 0.15) is 24.2 Å². The van der Waals surface area contributed by atoms with Crippen LogP contribution in [0.2, 0.25) is 5.02 Å². The fourth-order valence-corrected chi connectivity index (χ4v) is 2.33. The number of benzene rings is 1. The summed E-state index contributed by atoms with van der Waals surface area (Å²) in [5.74, 6) is 0.696. The lowest BCUT2D eigenvalue weighted by molar-refractivity contribution is 0.318. The van der Waals surface area contributed by atoms with Gasteiger partial charge in [-0.3, -0.25) is 0 Å². The summed E-state index contributed by atoms with van der Waals surface area (Å²) in [7, 11) is 1.92. The zero-order chi connectivity index (χ0) is 15.4. The molecule has 1 heterocycles. The van der Waals surface area contributed by atoms with Gasteiger partial charge >= 0.3 is 0 Å². The molecule has 1 aromatic heterocycles. The molecule has 0 fully saturated rings. The van der Waals surface area contributed by atoms with E-state index in [1.165, 1.54) is 0 Å². The molecule has 1 unspecified atom stereocenters. The molecule has 0 saturated heterocycles. The first-order chi connectivity index (χ1) is 10.0. The van der Waals surface area contributed by atoms with Gasteiger partial charge in [-0.2, -0.15) is 0 Å². The molecule has 6 heteroatoms. The van der Waals surface area contributed by atoms with Crippen LogP contribution < -0.4 is 10.6 Å². The lowest BCUT2D eigenvalue weighted by Crippen LogP contribution is -2.24. The predicted octanol–water partition coefficient (Wildman–Crippen LogP) is 3.03. The maximum absolute atomic E-state index is 8.73. The van der Waals surface area contributed by atoms with Crippen LogP contribution in [0.5, 0.6) is 0 Å². The van der Waals surface area contributed by atoms with Crippen molar-refractivity contribution in [1.82, 2.24) is 4.98 Å². The van der Waals surface area contributed by atoms with Crippen molar-refractivity contribution >= 4 is 23.3 Å². The fraction of sp³-hybridized carbons (Fsp3) is 0.200. The van der Waals surface area contributed by atoms with E-state index in [1.54, 1.807) is 6.07 Å². The Labute approximate surface area is 128 Å². The van der Waals surface area contributed by atoms with Crippen LogP contribution in [0.25, 0.3) is 0 Å². The van der Waals surface area contributed by atoms with Crippen molar-refractivity contribution in [1.29, 1.82) is 0 Å². The van der Waals surface area contributed by atoms with Crippen molar-refractivity contribution in [2.75, 3.05) is 11.9 Å². The highest BCUT2D eigenvalue weighted by molar-refractivity contribution is 6.31. The average molecular weight is 305 g/mol. The first kappa shape index (κ1) is 15.1. The molecule has 0 aliphatic rings. The Balaban J connectivity index is 2.32. The summed E-state index contributed by atoms with van der Waals surface area (Å²) in [6, 6.07) is 13.1. The summed E-state index contributed by atoms with van der Waals surface area (Å²) < 4.78 is 0. The second-order valence-corrected chi connectivity index (χ2v) is 5.08. The third-order valence-corrected chi connectivity index (χ3v) is 3.75. The van der Waals surface area contributed by atoms with Gasteiger partial charge in [0.2, 0.25) is 0 Å². The summed E-state index contributed by atoms with van der Waals surface area (Å²) in [6.07, 6.45) is 0. The minimum atomic E-state index is -0.0179. The molecule has 0 aliphatic carbocycles. The van der Waals surface area contributed by atoms with Gasteiger partial charge in [0.05, 0.1) is 6.04 Å². The van der Waals surface area contributed by atoms with Gasteiger partial charge in [0.25, 0.3) is 0 Å². The molecule has 1 aromatic carbocycles. The minimum Gasteiger partial charge on any atom is -0.409 e. The van der Waals surface area contributed by atoms with E-state index in [0.717, 1.165) is 5.56 Å². The van der Waals surface area contributed by atoms with Crippen molar-refractivity contribution in [3.63, 3.8) is 0 Å². The maximum atomic E-state index is 8.73. The van der Waals surface area contributed by atoms with Gasteiger partial charge in [-0.15, -0.1) is 0 Å². The molecule has 3 N–H and O–H groups in total. The van der Waals surface area contributed by atoms with Crippen LogP contribution in [0.4, 0.5) is 5.82 Å². The molecule has 0 radical (unpaired) electrons. The van der Waals surface area contributed by atoms with E-state index in [1.807, 2.05) is 55.3 Å². The van der Waals surface area contributed by atoms with E-state index in [9.17, 15) is 0 Å². The Kier molecular flexibility index (Phi) is 4.65. The molecule has 0 spiro atoms. The minimum absolute atomic E-state index is 0.0179. The number of pyridine rings is 1. The number of amidine groups is 1. The van der Waals surface area contributed by atoms with Crippen molar-refractivity contribution < 1.29 is 5.21 Å². The molecule has 2 rings (SSSR count). The third-order valence-electron chi connectivity index (χ3n) is 3.40. The molecule has 0 aliphatic heterocycles. The molecule has 0 amide bonds. The van der Waals surface area contributed by atoms with E-state index in [2.05, 4.69) is 10.1 Å². The highest BCUT2D eigenvalue weighted by atomic mass is 35.5. The Morgan fingerprint density at radius 2 is 2.00 bits per heavy atom. The topological polar surface area (TPSA) is 74.7 Å². The van der Waals surface area contributed by atoms with Crippen LogP contribution in [-0.4, -0.2) is 23.1 Å². The molecule has 5 nitrogen and oxygen atoms in total. The number of hydrogen-bond donors (Lipinski definition) is 2. The summed E-state index contributed by atoms with van der Waals surface area (Å²) in [5, 5.41) is 12.4. The van der Waals surface area contributed by atoms with Crippen LogP contribution in [0.15, 0.2) is 47.6 Å². The third kappa shape index (κ3) is 3.25. The van der Waals surface area contributed by atoms with Crippen molar-refractivity contribution in [2.45, 2.75) is 13.0 Å². The van der Waals surface area contributed by atoms with Crippen LogP contribution in [-0.2, 0) is 0 Å². The Morgan fingerprint density at radius 1 is 1.29 bits per heavy atom. The number of hydrogen-bond acceptors (Lipinski definition) is 4. The quantitative estimate of drug-likeness (QED) is 0.394. The maximum Gasteiger partial charge on any atom is 0.188 e. The number of halogens is 1. The number of nitrogens with zero attached hydrogens (tertiary/aromatic N) is 3. The standard InChI is InChI=1S/C15H17ClN4O/c1-10(11-6-3-4-7-12(11)16)20(2)14-9-5-8-13(18-14)15(17)19-21/h3-10,21H,1-2H3,(H2,17,19). The van der Waals surface area contributed by atoms with Gasteiger partial charge in [-0.05, 0) is 30.7 Å². The van der Waals surface area contributed by atoms with Gasteiger partial charge in [-0.25, -0.2) is 4.98 Å². The smallest absolute Gasteiger partial charge is 0.188 e. The van der Waals surface area contributed by atoms with E-state index >= 15 is 0 Å². The molecule has 1 atom stereocenters. The van der Waals surface area contributed by atoms with E-state index in [0.29, 0.717) is 16.5 Å². The molecular weight excluding hydrogens is 288 g/mol. The number of oxime groups is 1. The predicted molar refractivity (Wildman–Crippen MR) is 85.0 cm³/mol. The van der Waals surface area contributed by atoms with Gasteiger partial charge in [0.1, 0.15) is 11.5 Å². The number of nitrogens with two attached hydrogens (primary N) is 1. The normalized spacial score (nSPS) is 13.0. The van der Waals surface area contributed by atoms with Crippen molar-refractivity contribution in [3.8, 4) is 0 Å². The summed E-state index contributed by atoms with van der Waals surface area (Å²) >= 11 is 6.24. The lowest BCUT2D eigenvalue weighted by Gasteiger charge is -2.27. The van der Waals surface area contributed by atoms with Crippen molar-refractivity contribution in [2.24, 2.45) is 10.9 Å². The number of rotatable bonds is 4. The molecular formula is C15H17ClN4O. The second kappa shape index (κ2) is 6.45. The Hall–Kier alpha value is -2.27. The first-order valence-corrected chi connectivity index (χ1v) is 6.84. The first-order valence-electron chi connectivity index (χ1n) is 6.46. The molecule has 0 bridgehead atoms. The zero-order valence-electron chi connectivity index (χ0n) is 11.9. The zero-order valence-corrected chi connectivity index (χ0v) is 12.6. The average Bonchev–Trinajstić information content (AvgIpc) is 2.53. The van der Waals surface area contributed by atoms with E-state index < -0.39 is 0 Å². The van der Waals surface area contributed by atoms with Crippen LogP contribution in [0, 0.1) is 0 Å². The van der Waals surface area contributed by atoms with Gasteiger partial charge in [-0.1, -0.05) is 41.0 Å². The SMILES string of the molecule is CC(c1ccccc1Cl)N(C)c1cccc(C(N)=NO)n1. The highest BCUT2D eigenvalue weighted by Gasteiger charge is 2.16. The Morgan fingerprint density at radius 3 is 2.67 bits per heavy atom. The van der Waals surface area contributed by atoms with E-state index in [4.69, 9.17) is 22.5 Å². The molecule has 2 aromatic rings. The van der Waals surface area contributed by atoms with Gasteiger partial charge in [0.15, 0.2) is 5.84 Å². The Bertz CT molecular complexity index is 660. The second-order valence-electron chi connectivity index (χ2n) is 4.67.